The first-order valence-corrected chi connectivity index (χ1v) is 9.16. The molecule has 4 heteroatoms. The van der Waals surface area contributed by atoms with Crippen molar-refractivity contribution in [3.8, 4) is 0 Å². The number of nitrogens with one attached hydrogen (secondary N) is 1. The highest BCUT2D eigenvalue weighted by Gasteiger charge is 2.96. The number of Topliss-reactive ketones (excluding diaryl/α,β-unsaturated/α-hetero) is 1. The zero-order valence-electron chi connectivity index (χ0n) is 12.8. The SMILES string of the molecule is O=C1[C@H]2[C@H]3C[C@@H]4[C@@H]5[C@@H]3[C@@H]1[C@@]5(C(=O)NCCCOCC1CC1)[C@@H]42. The van der Waals surface area contributed by atoms with E-state index in [1.165, 1.54) is 19.3 Å². The second-order valence-corrected chi connectivity index (χ2v) is 8.66. The molecule has 0 aliphatic heterocycles. The minimum absolute atomic E-state index is 0.113. The predicted octanol–water partition coefficient (Wildman–Crippen LogP) is 1.25. The summed E-state index contributed by atoms with van der Waals surface area (Å²) in [5, 5.41) is 3.14. The Morgan fingerprint density at radius 2 is 2.14 bits per heavy atom. The summed E-state index contributed by atoms with van der Waals surface area (Å²) < 4.78 is 5.61. The number of ether oxygens (including phenoxy) is 1. The van der Waals surface area contributed by atoms with Crippen molar-refractivity contribution in [3.63, 3.8) is 0 Å². The number of rotatable bonds is 7. The summed E-state index contributed by atoms with van der Waals surface area (Å²) in [6, 6.07) is 0. The fourth-order valence-corrected chi connectivity index (χ4v) is 7.48. The van der Waals surface area contributed by atoms with Gasteiger partial charge in [-0.3, -0.25) is 9.59 Å². The van der Waals surface area contributed by atoms with Crippen molar-refractivity contribution in [2.24, 2.45) is 52.8 Å². The normalized spacial score (nSPS) is 54.5. The summed E-state index contributed by atoms with van der Waals surface area (Å²) in [5.41, 5.74) is -0.237. The second kappa shape index (κ2) is 3.77. The molecule has 1 N–H and O–H groups in total. The van der Waals surface area contributed by atoms with Crippen molar-refractivity contribution in [2.75, 3.05) is 19.8 Å². The Bertz CT molecular complexity index is 585. The fourth-order valence-electron chi connectivity index (χ4n) is 7.48. The standard InChI is InChI=1S/C18H23NO3/c20-16-12-9-6-10-13-11(9)15(16)18(13,14(10)12)17(21)19-4-1-5-22-7-8-2-3-8/h8-15H,1-7H2,(H,19,21)/t9-,10+,11+,12-,13+,14-,15-,18-/m0/s1. The first-order valence-electron chi connectivity index (χ1n) is 9.16. The van der Waals surface area contributed by atoms with E-state index in [0.717, 1.165) is 31.5 Å². The van der Waals surface area contributed by atoms with Gasteiger partial charge >= 0.3 is 0 Å². The molecule has 4 nitrogen and oxygen atoms in total. The molecule has 0 spiro atoms. The fraction of sp³-hybridized carbons (Fsp3) is 0.889. The molecule has 0 unspecified atom stereocenters. The average Bonchev–Trinajstić information content (AvgIpc) is 3.15. The minimum Gasteiger partial charge on any atom is -0.381 e. The number of hydrogen-bond acceptors (Lipinski definition) is 3. The Morgan fingerprint density at radius 1 is 1.27 bits per heavy atom. The van der Waals surface area contributed by atoms with Crippen molar-refractivity contribution < 1.29 is 14.3 Å². The van der Waals surface area contributed by atoms with Crippen LogP contribution in [0.5, 0.6) is 0 Å². The summed E-state index contributed by atoms with van der Waals surface area (Å²) in [4.78, 5) is 25.3. The van der Waals surface area contributed by atoms with Gasteiger partial charge in [-0.1, -0.05) is 0 Å². The molecule has 4 bridgehead atoms. The molecular formula is C18H23NO3. The molecular weight excluding hydrogens is 278 g/mol. The van der Waals surface area contributed by atoms with Crippen molar-refractivity contribution in [2.45, 2.75) is 25.7 Å². The lowest BCUT2D eigenvalue weighted by molar-refractivity contribution is -0.248. The van der Waals surface area contributed by atoms with E-state index >= 15 is 0 Å². The maximum atomic E-state index is 12.8. The third-order valence-electron chi connectivity index (χ3n) is 8.06. The Labute approximate surface area is 130 Å². The number of carbonyl (C=O) groups excluding carboxylic acids is 2. The first kappa shape index (κ1) is 12.5. The van der Waals surface area contributed by atoms with E-state index in [1.54, 1.807) is 0 Å². The summed E-state index contributed by atoms with van der Waals surface area (Å²) in [5.74, 6) is 4.84. The van der Waals surface area contributed by atoms with Crippen LogP contribution in [0, 0.1) is 52.8 Å². The van der Waals surface area contributed by atoms with E-state index in [2.05, 4.69) is 5.32 Å². The van der Waals surface area contributed by atoms with Crippen molar-refractivity contribution in [1.82, 2.24) is 5.32 Å². The Balaban J connectivity index is 1.07. The number of hydrogen-bond donors (Lipinski definition) is 1. The molecule has 0 saturated heterocycles. The van der Waals surface area contributed by atoms with Gasteiger partial charge in [0.1, 0.15) is 5.78 Å². The molecule has 0 aromatic rings. The highest BCUT2D eigenvalue weighted by molar-refractivity contribution is 6.04. The van der Waals surface area contributed by atoms with Gasteiger partial charge in [-0.2, -0.15) is 0 Å². The molecule has 0 aromatic carbocycles. The van der Waals surface area contributed by atoms with Gasteiger partial charge in [0.05, 0.1) is 5.41 Å². The number of ketones is 1. The molecule has 7 aliphatic rings. The Hall–Kier alpha value is -0.900. The van der Waals surface area contributed by atoms with Crippen LogP contribution < -0.4 is 5.32 Å². The molecule has 0 heterocycles. The van der Waals surface area contributed by atoms with Gasteiger partial charge < -0.3 is 10.1 Å². The first-order chi connectivity index (χ1) is 10.8. The van der Waals surface area contributed by atoms with Crippen LogP contribution in [0.15, 0.2) is 0 Å². The van der Waals surface area contributed by atoms with E-state index in [1.807, 2.05) is 0 Å². The van der Waals surface area contributed by atoms with Gasteiger partial charge in [0.25, 0.3) is 0 Å². The molecule has 8 atom stereocenters. The average molecular weight is 301 g/mol. The Kier molecular flexibility index (Phi) is 2.14. The third kappa shape index (κ3) is 1.11. The number of amides is 1. The van der Waals surface area contributed by atoms with E-state index < -0.39 is 0 Å². The molecule has 7 rings (SSSR count). The van der Waals surface area contributed by atoms with Crippen LogP contribution in [0.1, 0.15) is 25.7 Å². The molecule has 1 amide bonds. The van der Waals surface area contributed by atoms with Crippen LogP contribution in [0.4, 0.5) is 0 Å². The molecule has 7 aliphatic carbocycles. The zero-order valence-corrected chi connectivity index (χ0v) is 12.8. The topological polar surface area (TPSA) is 55.4 Å². The van der Waals surface area contributed by atoms with E-state index in [0.29, 0.717) is 36.0 Å². The largest absolute Gasteiger partial charge is 0.381 e. The maximum absolute atomic E-state index is 12.8. The summed E-state index contributed by atoms with van der Waals surface area (Å²) in [6.45, 7) is 2.34. The molecule has 7 fully saturated rings. The van der Waals surface area contributed by atoms with E-state index in [4.69, 9.17) is 4.74 Å². The lowest BCUT2D eigenvalue weighted by atomic mass is 9.31. The third-order valence-corrected chi connectivity index (χ3v) is 8.06. The second-order valence-electron chi connectivity index (χ2n) is 8.66. The summed E-state index contributed by atoms with van der Waals surface area (Å²) >= 11 is 0. The highest BCUT2D eigenvalue weighted by atomic mass is 16.5. The van der Waals surface area contributed by atoms with Crippen molar-refractivity contribution in [3.05, 3.63) is 0 Å². The van der Waals surface area contributed by atoms with Crippen LogP contribution in [-0.4, -0.2) is 31.4 Å². The zero-order chi connectivity index (χ0) is 14.6. The van der Waals surface area contributed by atoms with Crippen LogP contribution >= 0.6 is 0 Å². The summed E-state index contributed by atoms with van der Waals surface area (Å²) in [6.07, 6.45) is 4.78. The van der Waals surface area contributed by atoms with Gasteiger partial charge in [-0.05, 0) is 61.2 Å². The summed E-state index contributed by atoms with van der Waals surface area (Å²) in [7, 11) is 0. The van der Waals surface area contributed by atoms with Crippen LogP contribution in [-0.2, 0) is 14.3 Å². The van der Waals surface area contributed by atoms with Crippen molar-refractivity contribution in [1.29, 1.82) is 0 Å². The van der Waals surface area contributed by atoms with Crippen LogP contribution in [0.2, 0.25) is 0 Å². The van der Waals surface area contributed by atoms with E-state index in [-0.39, 0.29) is 23.2 Å². The predicted molar refractivity (Wildman–Crippen MR) is 77.7 cm³/mol. The molecule has 0 radical (unpaired) electrons. The smallest absolute Gasteiger partial charge is 0.227 e. The molecule has 22 heavy (non-hydrogen) atoms. The van der Waals surface area contributed by atoms with Crippen LogP contribution in [0.3, 0.4) is 0 Å². The lowest BCUT2D eigenvalue weighted by Crippen LogP contribution is -2.75. The maximum Gasteiger partial charge on any atom is 0.227 e. The molecule has 7 saturated carbocycles. The van der Waals surface area contributed by atoms with Crippen molar-refractivity contribution >= 4 is 11.7 Å². The van der Waals surface area contributed by atoms with E-state index in [9.17, 15) is 9.59 Å². The van der Waals surface area contributed by atoms with Gasteiger partial charge in [-0.25, -0.2) is 0 Å². The van der Waals surface area contributed by atoms with Crippen LogP contribution in [0.25, 0.3) is 0 Å². The van der Waals surface area contributed by atoms with Gasteiger partial charge in [0.2, 0.25) is 5.91 Å². The monoisotopic (exact) mass is 301 g/mol. The highest BCUT2D eigenvalue weighted by Crippen LogP contribution is 2.92. The quantitative estimate of drug-likeness (QED) is 0.720. The van der Waals surface area contributed by atoms with Gasteiger partial charge in [0, 0.05) is 31.6 Å². The minimum atomic E-state index is -0.237. The Morgan fingerprint density at radius 3 is 2.91 bits per heavy atom. The lowest BCUT2D eigenvalue weighted by Gasteiger charge is -2.70. The number of carbonyl (C=O) groups is 2. The molecule has 0 aromatic heterocycles. The van der Waals surface area contributed by atoms with Gasteiger partial charge in [-0.15, -0.1) is 0 Å². The van der Waals surface area contributed by atoms with Gasteiger partial charge in [0.15, 0.2) is 0 Å². The molecule has 118 valence electrons.